The summed E-state index contributed by atoms with van der Waals surface area (Å²) < 4.78 is 1.24. The van der Waals surface area contributed by atoms with E-state index in [4.69, 9.17) is 23.2 Å². The fourth-order valence-electron chi connectivity index (χ4n) is 1.11. The molecular formula is C9H6Cl2S. The zero-order valence-corrected chi connectivity index (χ0v) is 8.46. The van der Waals surface area contributed by atoms with Gasteiger partial charge in [0.05, 0.1) is 0 Å². The van der Waals surface area contributed by atoms with Crippen molar-refractivity contribution in [3.05, 3.63) is 35.2 Å². The Labute approximate surface area is 84.7 Å². The number of rotatable bonds is 1. The second kappa shape index (κ2) is 3.25. The first-order valence-electron chi connectivity index (χ1n) is 3.52. The van der Waals surface area contributed by atoms with Crippen LogP contribution in [0.1, 0.15) is 10.4 Å². The SMILES string of the molecule is ClC(Cl)c1ccc2ccsc2c1. The van der Waals surface area contributed by atoms with Crippen LogP contribution in [0.15, 0.2) is 29.6 Å². The number of thiophene rings is 1. The lowest BCUT2D eigenvalue weighted by molar-refractivity contribution is 1.37. The third kappa shape index (κ3) is 1.45. The van der Waals surface area contributed by atoms with Crippen molar-refractivity contribution in [3.8, 4) is 0 Å². The van der Waals surface area contributed by atoms with E-state index in [1.54, 1.807) is 11.3 Å². The Kier molecular flexibility index (Phi) is 2.26. The predicted molar refractivity (Wildman–Crippen MR) is 56.3 cm³/mol. The Balaban J connectivity index is 2.60. The van der Waals surface area contributed by atoms with Gasteiger partial charge in [0.25, 0.3) is 0 Å². The van der Waals surface area contributed by atoms with Crippen molar-refractivity contribution in [2.75, 3.05) is 0 Å². The van der Waals surface area contributed by atoms with Gasteiger partial charge in [-0.05, 0) is 28.5 Å². The lowest BCUT2D eigenvalue weighted by Gasteiger charge is -1.99. The van der Waals surface area contributed by atoms with Crippen LogP contribution in [0.25, 0.3) is 10.1 Å². The number of hydrogen-bond acceptors (Lipinski definition) is 1. The van der Waals surface area contributed by atoms with Crippen molar-refractivity contribution in [1.29, 1.82) is 0 Å². The van der Waals surface area contributed by atoms with Gasteiger partial charge in [-0.15, -0.1) is 34.5 Å². The van der Waals surface area contributed by atoms with E-state index in [0.29, 0.717) is 0 Å². The largest absolute Gasteiger partial charge is 0.144 e. The van der Waals surface area contributed by atoms with Crippen molar-refractivity contribution in [2.24, 2.45) is 0 Å². The average molecular weight is 217 g/mol. The molecule has 0 fully saturated rings. The molecule has 3 heteroatoms. The standard InChI is InChI=1S/C9H6Cl2S/c10-9(11)7-2-1-6-3-4-12-8(6)5-7/h1-5,9H. The summed E-state index contributed by atoms with van der Waals surface area (Å²) in [6.45, 7) is 0. The molecule has 0 spiro atoms. The monoisotopic (exact) mass is 216 g/mol. The van der Waals surface area contributed by atoms with Gasteiger partial charge in [0.1, 0.15) is 4.84 Å². The molecular weight excluding hydrogens is 211 g/mol. The first-order valence-corrected chi connectivity index (χ1v) is 5.28. The van der Waals surface area contributed by atoms with Crippen LogP contribution < -0.4 is 0 Å². The smallest absolute Gasteiger partial charge is 0.132 e. The maximum atomic E-state index is 5.74. The van der Waals surface area contributed by atoms with Gasteiger partial charge in [-0.3, -0.25) is 0 Å². The van der Waals surface area contributed by atoms with E-state index in [-0.39, 0.29) is 0 Å². The Morgan fingerprint density at radius 3 is 2.75 bits per heavy atom. The van der Waals surface area contributed by atoms with Gasteiger partial charge in [0.2, 0.25) is 0 Å². The van der Waals surface area contributed by atoms with E-state index >= 15 is 0 Å². The summed E-state index contributed by atoms with van der Waals surface area (Å²) in [4.78, 5) is -0.420. The molecule has 0 N–H and O–H groups in total. The molecule has 1 aromatic heterocycles. The molecule has 0 atom stereocenters. The van der Waals surface area contributed by atoms with E-state index in [2.05, 4.69) is 11.4 Å². The third-order valence-electron chi connectivity index (χ3n) is 1.73. The van der Waals surface area contributed by atoms with Crippen molar-refractivity contribution in [3.63, 3.8) is 0 Å². The van der Waals surface area contributed by atoms with Crippen LogP contribution in [0.3, 0.4) is 0 Å². The van der Waals surface area contributed by atoms with Crippen LogP contribution in [0.5, 0.6) is 0 Å². The molecule has 0 aliphatic heterocycles. The normalized spacial score (nSPS) is 11.2. The lowest BCUT2D eigenvalue weighted by atomic mass is 10.2. The number of benzene rings is 1. The van der Waals surface area contributed by atoms with E-state index in [1.807, 2.05) is 18.2 Å². The molecule has 62 valence electrons. The van der Waals surface area contributed by atoms with Crippen LogP contribution in [-0.2, 0) is 0 Å². The number of alkyl halides is 2. The van der Waals surface area contributed by atoms with Gasteiger partial charge in [-0.2, -0.15) is 0 Å². The molecule has 0 aliphatic carbocycles. The Morgan fingerprint density at radius 1 is 1.17 bits per heavy atom. The van der Waals surface area contributed by atoms with E-state index < -0.39 is 4.84 Å². The molecule has 0 aliphatic rings. The van der Waals surface area contributed by atoms with Gasteiger partial charge in [0, 0.05) is 4.70 Å². The lowest BCUT2D eigenvalue weighted by Crippen LogP contribution is -1.78. The zero-order chi connectivity index (χ0) is 8.55. The molecule has 1 heterocycles. The molecule has 0 amide bonds. The van der Waals surface area contributed by atoms with Crippen LogP contribution in [0, 0.1) is 0 Å². The maximum absolute atomic E-state index is 5.74. The molecule has 2 aromatic rings. The first kappa shape index (κ1) is 8.36. The summed E-state index contributed by atoms with van der Waals surface area (Å²) in [6.07, 6.45) is 0. The van der Waals surface area contributed by atoms with E-state index in [9.17, 15) is 0 Å². The average Bonchev–Trinajstić information content (AvgIpc) is 2.49. The summed E-state index contributed by atoms with van der Waals surface area (Å²) in [6, 6.07) is 8.12. The minimum Gasteiger partial charge on any atom is -0.144 e. The maximum Gasteiger partial charge on any atom is 0.132 e. The molecule has 12 heavy (non-hydrogen) atoms. The highest BCUT2D eigenvalue weighted by Crippen LogP contribution is 2.29. The van der Waals surface area contributed by atoms with E-state index in [1.165, 1.54) is 10.1 Å². The van der Waals surface area contributed by atoms with Crippen molar-refractivity contribution in [1.82, 2.24) is 0 Å². The van der Waals surface area contributed by atoms with Gasteiger partial charge in [-0.25, -0.2) is 0 Å². The number of halogens is 2. The Morgan fingerprint density at radius 2 is 2.00 bits per heavy atom. The zero-order valence-electron chi connectivity index (χ0n) is 6.13. The summed E-state index contributed by atoms with van der Waals surface area (Å²) in [5, 5.41) is 3.31. The molecule has 0 bridgehead atoms. The third-order valence-corrected chi connectivity index (χ3v) is 3.12. The molecule has 0 saturated carbocycles. The van der Waals surface area contributed by atoms with Crippen molar-refractivity contribution < 1.29 is 0 Å². The van der Waals surface area contributed by atoms with Gasteiger partial charge < -0.3 is 0 Å². The summed E-state index contributed by atoms with van der Waals surface area (Å²) >= 11 is 13.2. The van der Waals surface area contributed by atoms with Gasteiger partial charge in [0.15, 0.2) is 0 Å². The summed E-state index contributed by atoms with van der Waals surface area (Å²) in [5.41, 5.74) is 0.966. The van der Waals surface area contributed by atoms with Crippen LogP contribution in [0.2, 0.25) is 0 Å². The molecule has 0 unspecified atom stereocenters. The minimum atomic E-state index is -0.420. The fourth-order valence-corrected chi connectivity index (χ4v) is 2.22. The Hall–Kier alpha value is -0.240. The number of hydrogen-bond donors (Lipinski definition) is 0. The quantitative estimate of drug-likeness (QED) is 0.622. The molecule has 2 rings (SSSR count). The summed E-state index contributed by atoms with van der Waals surface area (Å²) in [5.74, 6) is 0. The highest BCUT2D eigenvalue weighted by atomic mass is 35.5. The molecule has 0 nitrogen and oxygen atoms in total. The van der Waals surface area contributed by atoms with Crippen LogP contribution in [-0.4, -0.2) is 0 Å². The second-order valence-electron chi connectivity index (χ2n) is 2.52. The topological polar surface area (TPSA) is 0 Å². The van der Waals surface area contributed by atoms with Crippen molar-refractivity contribution in [2.45, 2.75) is 4.84 Å². The van der Waals surface area contributed by atoms with Crippen LogP contribution in [0.4, 0.5) is 0 Å². The van der Waals surface area contributed by atoms with E-state index in [0.717, 1.165) is 5.56 Å². The first-order chi connectivity index (χ1) is 5.77. The van der Waals surface area contributed by atoms with Gasteiger partial charge >= 0.3 is 0 Å². The molecule has 0 saturated heterocycles. The predicted octanol–water partition coefficient (Wildman–Crippen LogP) is 4.38. The van der Waals surface area contributed by atoms with Crippen molar-refractivity contribution >= 4 is 44.6 Å². The highest BCUT2D eigenvalue weighted by Gasteiger charge is 2.03. The molecule has 1 aromatic carbocycles. The fraction of sp³-hybridized carbons (Fsp3) is 0.111. The second-order valence-corrected chi connectivity index (χ2v) is 4.56. The minimum absolute atomic E-state index is 0.420. The van der Waals surface area contributed by atoms with Gasteiger partial charge in [-0.1, -0.05) is 12.1 Å². The number of fused-ring (bicyclic) bond motifs is 1. The molecule has 0 radical (unpaired) electrons. The van der Waals surface area contributed by atoms with Crippen LogP contribution >= 0.6 is 34.5 Å². The highest BCUT2D eigenvalue weighted by molar-refractivity contribution is 7.17. The summed E-state index contributed by atoms with van der Waals surface area (Å²) in [7, 11) is 0. The Bertz CT molecular complexity index is 392.